The van der Waals surface area contributed by atoms with Crippen LogP contribution < -0.4 is 16.0 Å². The van der Waals surface area contributed by atoms with E-state index < -0.39 is 0 Å². The molecule has 0 saturated heterocycles. The molecule has 0 aliphatic heterocycles. The van der Waals surface area contributed by atoms with Crippen LogP contribution in [-0.4, -0.2) is 51.7 Å². The van der Waals surface area contributed by atoms with Gasteiger partial charge in [0.05, 0.1) is 18.7 Å². The summed E-state index contributed by atoms with van der Waals surface area (Å²) in [5.74, 6) is 0.0442. The van der Waals surface area contributed by atoms with Gasteiger partial charge < -0.3 is 20.7 Å². The van der Waals surface area contributed by atoms with Gasteiger partial charge in [0.15, 0.2) is 0 Å². The van der Waals surface area contributed by atoms with Crippen molar-refractivity contribution in [1.82, 2.24) is 16.0 Å². The van der Waals surface area contributed by atoms with E-state index in [0.717, 1.165) is 12.8 Å². The summed E-state index contributed by atoms with van der Waals surface area (Å²) in [6, 6.07) is 0.0518. The van der Waals surface area contributed by atoms with E-state index in [4.69, 9.17) is 4.74 Å². The standard InChI is InChI=1S/C15H27N3O3/c1-16-13-8-12(19)10-7-9(14(20)21-4)5-6-11(10)15(13,17-2)18-3/h9-11,13,16-18H,5-8H2,1-4H3. The smallest absolute Gasteiger partial charge is 0.308 e. The van der Waals surface area contributed by atoms with Crippen LogP contribution in [-0.2, 0) is 14.3 Å². The number of carbonyl (C=O) groups is 2. The van der Waals surface area contributed by atoms with E-state index in [1.165, 1.54) is 7.11 Å². The van der Waals surface area contributed by atoms with Gasteiger partial charge in [0.25, 0.3) is 0 Å². The number of rotatable bonds is 4. The van der Waals surface area contributed by atoms with E-state index in [-0.39, 0.29) is 41.2 Å². The fourth-order valence-electron chi connectivity index (χ4n) is 4.40. The van der Waals surface area contributed by atoms with E-state index in [1.54, 1.807) is 0 Å². The van der Waals surface area contributed by atoms with Crippen molar-refractivity contribution in [3.8, 4) is 0 Å². The predicted molar refractivity (Wildman–Crippen MR) is 79.7 cm³/mol. The van der Waals surface area contributed by atoms with Gasteiger partial charge in [-0.05, 0) is 40.4 Å². The van der Waals surface area contributed by atoms with E-state index in [1.807, 2.05) is 21.1 Å². The van der Waals surface area contributed by atoms with Gasteiger partial charge in [0.2, 0.25) is 0 Å². The van der Waals surface area contributed by atoms with Crippen molar-refractivity contribution in [2.45, 2.75) is 37.4 Å². The van der Waals surface area contributed by atoms with E-state index in [2.05, 4.69) is 16.0 Å². The zero-order valence-electron chi connectivity index (χ0n) is 13.4. The summed E-state index contributed by atoms with van der Waals surface area (Å²) in [5.41, 5.74) is -0.311. The van der Waals surface area contributed by atoms with Crippen LogP contribution in [0.2, 0.25) is 0 Å². The highest BCUT2D eigenvalue weighted by Crippen LogP contribution is 2.45. The lowest BCUT2D eigenvalue weighted by Crippen LogP contribution is -2.74. The molecule has 0 radical (unpaired) electrons. The van der Waals surface area contributed by atoms with Crippen LogP contribution in [0.1, 0.15) is 25.7 Å². The molecule has 6 heteroatoms. The number of esters is 1. The Balaban J connectivity index is 2.27. The Kier molecular flexibility index (Phi) is 5.01. The minimum absolute atomic E-state index is 0.0518. The molecule has 0 aromatic heterocycles. The second kappa shape index (κ2) is 6.42. The van der Waals surface area contributed by atoms with Crippen molar-refractivity contribution in [3.63, 3.8) is 0 Å². The van der Waals surface area contributed by atoms with Crippen molar-refractivity contribution in [2.24, 2.45) is 17.8 Å². The number of ketones is 1. The molecule has 0 amide bonds. The van der Waals surface area contributed by atoms with Crippen LogP contribution in [0.4, 0.5) is 0 Å². The van der Waals surface area contributed by atoms with E-state index >= 15 is 0 Å². The van der Waals surface area contributed by atoms with Gasteiger partial charge in [0, 0.05) is 24.3 Å². The number of fused-ring (bicyclic) bond motifs is 1. The lowest BCUT2D eigenvalue weighted by molar-refractivity contribution is -0.151. The molecule has 0 bridgehead atoms. The molecule has 2 aliphatic rings. The number of carbonyl (C=O) groups excluding carboxylic acids is 2. The van der Waals surface area contributed by atoms with Crippen molar-refractivity contribution in [2.75, 3.05) is 28.3 Å². The summed E-state index contributed by atoms with van der Waals surface area (Å²) in [4.78, 5) is 24.3. The van der Waals surface area contributed by atoms with Crippen LogP contribution in [0.25, 0.3) is 0 Å². The van der Waals surface area contributed by atoms with Gasteiger partial charge in [-0.25, -0.2) is 0 Å². The van der Waals surface area contributed by atoms with Crippen molar-refractivity contribution >= 4 is 11.8 Å². The van der Waals surface area contributed by atoms with Crippen LogP contribution >= 0.6 is 0 Å². The van der Waals surface area contributed by atoms with Gasteiger partial charge in [-0.15, -0.1) is 0 Å². The summed E-state index contributed by atoms with van der Waals surface area (Å²) in [7, 11) is 7.17. The predicted octanol–water partition coefficient (Wildman–Crippen LogP) is -0.112. The molecule has 120 valence electrons. The number of methoxy groups -OCH3 is 1. The lowest BCUT2D eigenvalue weighted by atomic mass is 9.60. The Bertz CT molecular complexity index is 409. The third-order valence-electron chi connectivity index (χ3n) is 5.51. The first-order valence-corrected chi connectivity index (χ1v) is 7.69. The molecular formula is C15H27N3O3. The minimum atomic E-state index is -0.311. The van der Waals surface area contributed by atoms with Crippen molar-refractivity contribution < 1.29 is 14.3 Å². The summed E-state index contributed by atoms with van der Waals surface area (Å²) in [6.07, 6.45) is 2.71. The maximum atomic E-state index is 12.5. The molecule has 6 nitrogen and oxygen atoms in total. The lowest BCUT2D eigenvalue weighted by Gasteiger charge is -2.54. The zero-order valence-corrected chi connectivity index (χ0v) is 13.4. The minimum Gasteiger partial charge on any atom is -0.469 e. The van der Waals surface area contributed by atoms with Gasteiger partial charge in [-0.2, -0.15) is 0 Å². The Morgan fingerprint density at radius 3 is 2.43 bits per heavy atom. The molecule has 4 unspecified atom stereocenters. The van der Waals surface area contributed by atoms with Gasteiger partial charge >= 0.3 is 5.97 Å². The Hall–Kier alpha value is -0.980. The normalized spacial score (nSPS) is 35.1. The number of nitrogens with one attached hydrogen (secondary N) is 3. The Morgan fingerprint density at radius 1 is 1.24 bits per heavy atom. The second-order valence-electron chi connectivity index (χ2n) is 6.13. The van der Waals surface area contributed by atoms with Crippen LogP contribution in [0, 0.1) is 17.8 Å². The topological polar surface area (TPSA) is 79.5 Å². The molecule has 2 fully saturated rings. The summed E-state index contributed by atoms with van der Waals surface area (Å²) in [6.45, 7) is 0. The van der Waals surface area contributed by atoms with Gasteiger partial charge in [-0.1, -0.05) is 0 Å². The average molecular weight is 297 g/mol. The Morgan fingerprint density at radius 2 is 1.90 bits per heavy atom. The van der Waals surface area contributed by atoms with Crippen LogP contribution in [0.15, 0.2) is 0 Å². The first-order chi connectivity index (χ1) is 10.0. The quantitative estimate of drug-likeness (QED) is 0.496. The van der Waals surface area contributed by atoms with E-state index in [9.17, 15) is 9.59 Å². The van der Waals surface area contributed by atoms with Crippen molar-refractivity contribution in [3.05, 3.63) is 0 Å². The molecule has 2 aliphatic carbocycles. The fourth-order valence-corrected chi connectivity index (χ4v) is 4.40. The highest BCUT2D eigenvalue weighted by molar-refractivity contribution is 5.84. The molecule has 2 saturated carbocycles. The molecule has 0 spiro atoms. The second-order valence-corrected chi connectivity index (χ2v) is 6.13. The first-order valence-electron chi connectivity index (χ1n) is 7.69. The third-order valence-corrected chi connectivity index (χ3v) is 5.51. The average Bonchev–Trinajstić information content (AvgIpc) is 2.54. The molecule has 0 aromatic carbocycles. The summed E-state index contributed by atoms with van der Waals surface area (Å²) < 4.78 is 4.86. The third kappa shape index (κ3) is 2.60. The number of hydrogen-bond acceptors (Lipinski definition) is 6. The first kappa shape index (κ1) is 16.4. The van der Waals surface area contributed by atoms with Gasteiger partial charge in [0.1, 0.15) is 5.78 Å². The number of hydrogen-bond donors (Lipinski definition) is 3. The zero-order chi connectivity index (χ0) is 15.6. The largest absolute Gasteiger partial charge is 0.469 e. The van der Waals surface area contributed by atoms with Gasteiger partial charge in [-0.3, -0.25) is 9.59 Å². The molecular weight excluding hydrogens is 270 g/mol. The molecule has 0 heterocycles. The number of ether oxygens (including phenoxy) is 1. The molecule has 4 atom stereocenters. The number of likely N-dealkylation sites (N-methyl/N-ethyl adjacent to an activating group) is 3. The van der Waals surface area contributed by atoms with Crippen LogP contribution in [0.3, 0.4) is 0 Å². The van der Waals surface area contributed by atoms with Crippen molar-refractivity contribution in [1.29, 1.82) is 0 Å². The Labute approximate surface area is 126 Å². The highest BCUT2D eigenvalue weighted by Gasteiger charge is 2.55. The fraction of sp³-hybridized carbons (Fsp3) is 0.867. The van der Waals surface area contributed by atoms with E-state index in [0.29, 0.717) is 12.8 Å². The number of Topliss-reactive ketones (excluding diaryl/α,β-unsaturated/α-hetero) is 1. The maximum absolute atomic E-state index is 12.5. The molecule has 3 N–H and O–H groups in total. The monoisotopic (exact) mass is 297 g/mol. The SMILES string of the molecule is CNC1CC(=O)C2CC(C(=O)OC)CCC2C1(NC)NC. The summed E-state index contributed by atoms with van der Waals surface area (Å²) >= 11 is 0. The van der Waals surface area contributed by atoms with Crippen LogP contribution in [0.5, 0.6) is 0 Å². The molecule has 2 rings (SSSR count). The molecule has 0 aromatic rings. The molecule has 21 heavy (non-hydrogen) atoms. The summed E-state index contributed by atoms with van der Waals surface area (Å²) in [5, 5.41) is 10.1. The highest BCUT2D eigenvalue weighted by atomic mass is 16.5. The maximum Gasteiger partial charge on any atom is 0.308 e.